The van der Waals surface area contributed by atoms with Crippen molar-refractivity contribution >= 4 is 5.91 Å². The first-order valence-electron chi connectivity index (χ1n) is 9.98. The number of carbonyl (C=O) groups excluding carboxylic acids is 1. The highest BCUT2D eigenvalue weighted by Gasteiger charge is 2.31. The number of benzene rings is 1. The average Bonchev–Trinajstić information content (AvgIpc) is 3.17. The molecule has 10 heteroatoms. The van der Waals surface area contributed by atoms with Gasteiger partial charge in [0.25, 0.3) is 0 Å². The van der Waals surface area contributed by atoms with Crippen LogP contribution in [0, 0.1) is 0 Å². The summed E-state index contributed by atoms with van der Waals surface area (Å²) in [5.74, 6) is 1.12. The van der Waals surface area contributed by atoms with E-state index in [1.807, 2.05) is 11.8 Å². The molecule has 1 saturated heterocycles. The molecule has 164 valence electrons. The highest BCUT2D eigenvalue weighted by atomic mass is 19.4. The number of halogens is 3. The van der Waals surface area contributed by atoms with Gasteiger partial charge in [-0.1, -0.05) is 24.2 Å². The number of piperazine rings is 1. The quantitative estimate of drug-likeness (QED) is 0.646. The molecule has 2 aromatic rings. The van der Waals surface area contributed by atoms with E-state index in [-0.39, 0.29) is 11.7 Å². The van der Waals surface area contributed by atoms with Crippen molar-refractivity contribution in [2.24, 2.45) is 0 Å². The SMILES string of the molecule is CCc1noc(CCCC(=O)N2CCN(Cc3ccc(OC(F)(F)F)cc3)CC2)n1. The Morgan fingerprint density at radius 1 is 1.17 bits per heavy atom. The van der Waals surface area contributed by atoms with Crippen LogP contribution >= 0.6 is 0 Å². The molecular weight excluding hydrogens is 401 g/mol. The highest BCUT2D eigenvalue weighted by molar-refractivity contribution is 5.76. The molecular formula is C20H25F3N4O3. The fourth-order valence-corrected chi connectivity index (χ4v) is 3.29. The zero-order valence-electron chi connectivity index (χ0n) is 16.8. The molecule has 1 aliphatic rings. The maximum absolute atomic E-state index is 12.4. The first-order chi connectivity index (χ1) is 14.3. The largest absolute Gasteiger partial charge is 0.573 e. The zero-order chi connectivity index (χ0) is 21.6. The maximum atomic E-state index is 12.4. The fraction of sp³-hybridized carbons (Fsp3) is 0.550. The van der Waals surface area contributed by atoms with Crippen LogP contribution in [-0.4, -0.2) is 58.4 Å². The molecule has 0 radical (unpaired) electrons. The Kier molecular flexibility index (Phi) is 7.30. The van der Waals surface area contributed by atoms with Crippen molar-refractivity contribution in [1.82, 2.24) is 19.9 Å². The minimum absolute atomic E-state index is 0.110. The van der Waals surface area contributed by atoms with E-state index in [0.717, 1.165) is 25.1 Å². The summed E-state index contributed by atoms with van der Waals surface area (Å²) in [6, 6.07) is 5.88. The van der Waals surface area contributed by atoms with Crippen molar-refractivity contribution in [1.29, 1.82) is 0 Å². The number of aryl methyl sites for hydroxylation is 2. The molecule has 0 bridgehead atoms. The van der Waals surface area contributed by atoms with Gasteiger partial charge < -0.3 is 14.2 Å². The van der Waals surface area contributed by atoms with E-state index >= 15 is 0 Å². The molecule has 2 heterocycles. The lowest BCUT2D eigenvalue weighted by Gasteiger charge is -2.34. The van der Waals surface area contributed by atoms with Gasteiger partial charge in [-0.25, -0.2) is 0 Å². The predicted molar refractivity (Wildman–Crippen MR) is 102 cm³/mol. The fourth-order valence-electron chi connectivity index (χ4n) is 3.29. The van der Waals surface area contributed by atoms with Crippen molar-refractivity contribution in [3.05, 3.63) is 41.5 Å². The number of hydrogen-bond acceptors (Lipinski definition) is 6. The number of amides is 1. The Bertz CT molecular complexity index is 815. The molecule has 0 aliphatic carbocycles. The normalized spacial score (nSPS) is 15.4. The number of hydrogen-bond donors (Lipinski definition) is 0. The molecule has 1 amide bonds. The summed E-state index contributed by atoms with van der Waals surface area (Å²) in [6.07, 6.45) is -2.28. The summed E-state index contributed by atoms with van der Waals surface area (Å²) in [5, 5.41) is 3.84. The Morgan fingerprint density at radius 3 is 2.47 bits per heavy atom. The average molecular weight is 426 g/mol. The molecule has 1 aromatic carbocycles. The standard InChI is InChI=1S/C20H25F3N4O3/c1-2-17-24-18(30-25-17)4-3-5-19(28)27-12-10-26(11-13-27)14-15-6-8-16(9-7-15)29-20(21,22)23/h6-9H,2-5,10-14H2,1H3. The molecule has 0 atom stereocenters. The number of nitrogens with zero attached hydrogens (tertiary/aromatic N) is 4. The van der Waals surface area contributed by atoms with Gasteiger partial charge in [0.15, 0.2) is 5.82 Å². The van der Waals surface area contributed by atoms with Gasteiger partial charge in [0.2, 0.25) is 11.8 Å². The first-order valence-corrected chi connectivity index (χ1v) is 9.98. The van der Waals surface area contributed by atoms with E-state index < -0.39 is 6.36 Å². The molecule has 0 N–H and O–H groups in total. The molecule has 3 rings (SSSR count). The predicted octanol–water partition coefficient (Wildman–Crippen LogP) is 3.20. The van der Waals surface area contributed by atoms with E-state index in [0.29, 0.717) is 50.6 Å². The molecule has 0 spiro atoms. The number of carbonyl (C=O) groups is 1. The maximum Gasteiger partial charge on any atom is 0.573 e. The van der Waals surface area contributed by atoms with E-state index in [2.05, 4.69) is 19.8 Å². The van der Waals surface area contributed by atoms with Gasteiger partial charge in [0, 0.05) is 52.0 Å². The van der Waals surface area contributed by atoms with Crippen LogP contribution in [0.2, 0.25) is 0 Å². The third-order valence-corrected chi connectivity index (χ3v) is 4.90. The van der Waals surface area contributed by atoms with E-state index in [1.165, 1.54) is 12.1 Å². The van der Waals surface area contributed by atoms with Gasteiger partial charge in [-0.15, -0.1) is 13.2 Å². The Balaban J connectivity index is 1.37. The Hall–Kier alpha value is -2.62. The van der Waals surface area contributed by atoms with Gasteiger partial charge in [-0.3, -0.25) is 9.69 Å². The number of aromatic nitrogens is 2. The van der Waals surface area contributed by atoms with Crippen LogP contribution in [0.15, 0.2) is 28.8 Å². The minimum Gasteiger partial charge on any atom is -0.406 e. The summed E-state index contributed by atoms with van der Waals surface area (Å²) < 4.78 is 45.7. The number of alkyl halides is 3. The van der Waals surface area contributed by atoms with Crippen LogP contribution < -0.4 is 4.74 Å². The topological polar surface area (TPSA) is 71.7 Å². The van der Waals surface area contributed by atoms with E-state index in [1.54, 1.807) is 12.1 Å². The third-order valence-electron chi connectivity index (χ3n) is 4.90. The van der Waals surface area contributed by atoms with Crippen molar-refractivity contribution in [3.63, 3.8) is 0 Å². The Morgan fingerprint density at radius 2 is 1.87 bits per heavy atom. The van der Waals surface area contributed by atoms with Crippen LogP contribution in [0.4, 0.5) is 13.2 Å². The van der Waals surface area contributed by atoms with Crippen LogP contribution in [0.3, 0.4) is 0 Å². The van der Waals surface area contributed by atoms with Crippen LogP contribution in [-0.2, 0) is 24.2 Å². The summed E-state index contributed by atoms with van der Waals surface area (Å²) in [6.45, 7) is 5.27. The lowest BCUT2D eigenvalue weighted by atomic mass is 10.1. The van der Waals surface area contributed by atoms with E-state index in [9.17, 15) is 18.0 Å². The zero-order valence-corrected chi connectivity index (χ0v) is 16.8. The molecule has 1 fully saturated rings. The molecule has 30 heavy (non-hydrogen) atoms. The van der Waals surface area contributed by atoms with Gasteiger partial charge in [-0.2, -0.15) is 4.98 Å². The van der Waals surface area contributed by atoms with E-state index in [4.69, 9.17) is 4.52 Å². The van der Waals surface area contributed by atoms with Crippen molar-refractivity contribution in [3.8, 4) is 5.75 Å². The molecule has 0 saturated carbocycles. The second-order valence-electron chi connectivity index (χ2n) is 7.16. The molecule has 1 aliphatic heterocycles. The lowest BCUT2D eigenvalue weighted by Crippen LogP contribution is -2.48. The van der Waals surface area contributed by atoms with Crippen molar-refractivity contribution in [2.45, 2.75) is 45.5 Å². The molecule has 0 unspecified atom stereocenters. The second kappa shape index (κ2) is 9.92. The third kappa shape index (κ3) is 6.72. The van der Waals surface area contributed by atoms with Crippen LogP contribution in [0.25, 0.3) is 0 Å². The van der Waals surface area contributed by atoms with Gasteiger partial charge in [0.1, 0.15) is 5.75 Å². The van der Waals surface area contributed by atoms with Crippen molar-refractivity contribution in [2.75, 3.05) is 26.2 Å². The lowest BCUT2D eigenvalue weighted by molar-refractivity contribution is -0.274. The van der Waals surface area contributed by atoms with Crippen LogP contribution in [0.1, 0.15) is 37.0 Å². The van der Waals surface area contributed by atoms with Crippen molar-refractivity contribution < 1.29 is 27.2 Å². The second-order valence-corrected chi connectivity index (χ2v) is 7.16. The number of ether oxygens (including phenoxy) is 1. The summed E-state index contributed by atoms with van der Waals surface area (Å²) in [7, 11) is 0. The summed E-state index contributed by atoms with van der Waals surface area (Å²) in [5.41, 5.74) is 0.898. The molecule has 7 nitrogen and oxygen atoms in total. The minimum atomic E-state index is -4.69. The summed E-state index contributed by atoms with van der Waals surface area (Å²) in [4.78, 5) is 20.7. The smallest absolute Gasteiger partial charge is 0.406 e. The molecule has 1 aromatic heterocycles. The van der Waals surface area contributed by atoms with Gasteiger partial charge >= 0.3 is 6.36 Å². The first kappa shape index (κ1) is 22.1. The van der Waals surface area contributed by atoms with Crippen LogP contribution in [0.5, 0.6) is 5.75 Å². The van der Waals surface area contributed by atoms with Gasteiger partial charge in [-0.05, 0) is 24.1 Å². The summed E-state index contributed by atoms with van der Waals surface area (Å²) >= 11 is 0. The Labute approximate surface area is 172 Å². The number of rotatable bonds is 8. The monoisotopic (exact) mass is 426 g/mol. The van der Waals surface area contributed by atoms with Gasteiger partial charge in [0.05, 0.1) is 0 Å². The highest BCUT2D eigenvalue weighted by Crippen LogP contribution is 2.23.